The molecule has 196 valence electrons. The van der Waals surface area contributed by atoms with E-state index >= 15 is 0 Å². The summed E-state index contributed by atoms with van der Waals surface area (Å²) in [6, 6.07) is 10.6. The number of carbonyl (C=O) groups is 3. The summed E-state index contributed by atoms with van der Waals surface area (Å²) in [6.07, 6.45) is -7.98. The normalized spacial score (nSPS) is 13.0. The van der Waals surface area contributed by atoms with Crippen molar-refractivity contribution in [3.63, 3.8) is 0 Å². The van der Waals surface area contributed by atoms with Crippen molar-refractivity contribution in [1.29, 1.82) is 0 Å². The van der Waals surface area contributed by atoms with Crippen LogP contribution in [0.15, 0.2) is 42.5 Å². The summed E-state index contributed by atoms with van der Waals surface area (Å²) in [7, 11) is 2.59. The van der Waals surface area contributed by atoms with Gasteiger partial charge in [0.15, 0.2) is 0 Å². The van der Waals surface area contributed by atoms with Crippen molar-refractivity contribution in [2.75, 3.05) is 20.7 Å². The van der Waals surface area contributed by atoms with Gasteiger partial charge in [0, 0.05) is 26.6 Å². The molecule has 0 N–H and O–H groups in total. The van der Waals surface area contributed by atoms with Gasteiger partial charge in [0.25, 0.3) is 0 Å². The maximum atomic E-state index is 12.9. The third-order valence-corrected chi connectivity index (χ3v) is 6.38. The van der Waals surface area contributed by atoms with E-state index in [0.29, 0.717) is 17.6 Å². The van der Waals surface area contributed by atoms with Crippen LogP contribution in [0.1, 0.15) is 30.4 Å². The number of nitrogens with zero attached hydrogens (tertiary/aromatic N) is 2. The van der Waals surface area contributed by atoms with Crippen LogP contribution in [0.25, 0.3) is 0 Å². The molecule has 1 atom stereocenters. The van der Waals surface area contributed by atoms with Crippen molar-refractivity contribution in [2.45, 2.75) is 37.5 Å². The van der Waals surface area contributed by atoms with E-state index < -0.39 is 36.7 Å². The largest absolute Gasteiger partial charge is 0.530 e. The standard InChI is InChI=1S/C24H25Cl2F3N2O5/c1-30(21(33)13-24(27,28)29)15-23(10-3-11-32,17-6-9-19(25)20(26)12-17)31(22(34)35)14-16-4-7-18(36-2)8-5-16/h4-9,11-12H,3,10,13-15H2,1-2H3,(H,34,35)/p-1/t23-/m1/s1. The zero-order valence-corrected chi connectivity index (χ0v) is 21.0. The quantitative estimate of drug-likeness (QED) is 0.388. The average Bonchev–Trinajstić information content (AvgIpc) is 2.81. The number of carboxylic acid groups (broad SMARTS) is 1. The SMILES string of the molecule is COc1ccc(CN(C(=O)[O-])[C@](CCC=O)(CN(C)C(=O)CC(F)(F)F)c2ccc(Cl)c(Cl)c2)cc1. The first-order chi connectivity index (χ1) is 16.8. The zero-order valence-electron chi connectivity index (χ0n) is 19.5. The minimum absolute atomic E-state index is 0.0525. The van der Waals surface area contributed by atoms with Crippen molar-refractivity contribution < 1.29 is 37.4 Å². The van der Waals surface area contributed by atoms with E-state index in [1.807, 2.05) is 0 Å². The van der Waals surface area contributed by atoms with Crippen LogP contribution in [-0.2, 0) is 21.7 Å². The summed E-state index contributed by atoms with van der Waals surface area (Å²) in [5.74, 6) is -0.756. The molecule has 7 nitrogen and oxygen atoms in total. The Morgan fingerprint density at radius 3 is 2.22 bits per heavy atom. The Morgan fingerprint density at radius 2 is 1.72 bits per heavy atom. The van der Waals surface area contributed by atoms with Crippen molar-refractivity contribution in [3.8, 4) is 5.75 Å². The lowest BCUT2D eigenvalue weighted by Crippen LogP contribution is -2.59. The summed E-state index contributed by atoms with van der Waals surface area (Å²) in [6.45, 7) is -0.787. The smallest absolute Gasteiger partial charge is 0.397 e. The van der Waals surface area contributed by atoms with Gasteiger partial charge in [-0.3, -0.25) is 4.79 Å². The molecule has 0 saturated heterocycles. The number of amides is 2. The molecule has 0 aliphatic heterocycles. The first-order valence-electron chi connectivity index (χ1n) is 10.6. The van der Waals surface area contributed by atoms with E-state index in [2.05, 4.69) is 0 Å². The van der Waals surface area contributed by atoms with Gasteiger partial charge < -0.3 is 29.2 Å². The predicted molar refractivity (Wildman–Crippen MR) is 126 cm³/mol. The highest BCUT2D eigenvalue weighted by atomic mass is 35.5. The molecule has 2 rings (SSSR count). The van der Waals surface area contributed by atoms with E-state index in [9.17, 15) is 32.7 Å². The first-order valence-corrected chi connectivity index (χ1v) is 11.4. The van der Waals surface area contributed by atoms with Crippen molar-refractivity contribution in [3.05, 3.63) is 63.6 Å². The fourth-order valence-corrected chi connectivity index (χ4v) is 4.16. The Kier molecular flexibility index (Phi) is 10.0. The second-order valence-corrected chi connectivity index (χ2v) is 8.92. The summed E-state index contributed by atoms with van der Waals surface area (Å²) in [4.78, 5) is 37.9. The van der Waals surface area contributed by atoms with Crippen molar-refractivity contribution >= 4 is 41.5 Å². The second kappa shape index (κ2) is 12.3. The fourth-order valence-electron chi connectivity index (χ4n) is 3.87. The molecule has 0 radical (unpaired) electrons. The van der Waals surface area contributed by atoms with Crippen LogP contribution in [0.3, 0.4) is 0 Å². The van der Waals surface area contributed by atoms with Crippen LogP contribution in [0.2, 0.25) is 10.0 Å². The maximum absolute atomic E-state index is 12.9. The molecule has 2 aromatic rings. The minimum Gasteiger partial charge on any atom is -0.530 e. The van der Waals surface area contributed by atoms with Gasteiger partial charge in [0.1, 0.15) is 24.5 Å². The first kappa shape index (κ1) is 29.3. The number of benzene rings is 2. The van der Waals surface area contributed by atoms with Crippen molar-refractivity contribution in [2.24, 2.45) is 0 Å². The molecule has 0 unspecified atom stereocenters. The van der Waals surface area contributed by atoms with Crippen LogP contribution < -0.4 is 9.84 Å². The number of halogens is 5. The molecular weight excluding hydrogens is 524 g/mol. The monoisotopic (exact) mass is 547 g/mol. The highest BCUT2D eigenvalue weighted by Crippen LogP contribution is 2.39. The van der Waals surface area contributed by atoms with E-state index in [1.54, 1.807) is 24.3 Å². The molecule has 0 spiro atoms. The third kappa shape index (κ3) is 7.51. The van der Waals surface area contributed by atoms with Crippen LogP contribution in [-0.4, -0.2) is 55.0 Å². The van der Waals surface area contributed by atoms with Gasteiger partial charge >= 0.3 is 6.18 Å². The Labute approximate surface area is 216 Å². The average molecular weight is 548 g/mol. The number of methoxy groups -OCH3 is 1. The van der Waals surface area contributed by atoms with Gasteiger partial charge in [-0.1, -0.05) is 41.4 Å². The number of rotatable bonds is 11. The lowest BCUT2D eigenvalue weighted by Gasteiger charge is -2.48. The Morgan fingerprint density at radius 1 is 1.08 bits per heavy atom. The van der Waals surface area contributed by atoms with E-state index in [-0.39, 0.29) is 35.0 Å². The second-order valence-electron chi connectivity index (χ2n) is 8.11. The van der Waals surface area contributed by atoms with Crippen LogP contribution >= 0.6 is 23.2 Å². The molecule has 0 bridgehead atoms. The Hall–Kier alpha value is -2.98. The summed E-state index contributed by atoms with van der Waals surface area (Å²) in [5, 5.41) is 12.7. The minimum atomic E-state index is -4.77. The summed E-state index contributed by atoms with van der Waals surface area (Å²) >= 11 is 12.2. The lowest BCUT2D eigenvalue weighted by atomic mass is 9.82. The van der Waals surface area contributed by atoms with Gasteiger partial charge in [-0.05, 0) is 41.8 Å². The molecule has 0 saturated carbocycles. The number of likely N-dealkylation sites (N-methyl/N-ethyl adjacent to an activating group) is 1. The number of hydrogen-bond acceptors (Lipinski definition) is 5. The zero-order chi connectivity index (χ0) is 27.1. The van der Waals surface area contributed by atoms with Gasteiger partial charge in [0.05, 0.1) is 22.7 Å². The molecule has 0 aliphatic carbocycles. The summed E-state index contributed by atoms with van der Waals surface area (Å²) < 4.78 is 43.8. The number of carbonyl (C=O) groups excluding carboxylic acids is 3. The van der Waals surface area contributed by atoms with Gasteiger partial charge in [0.2, 0.25) is 5.91 Å². The number of hydrogen-bond donors (Lipinski definition) is 0. The summed E-state index contributed by atoms with van der Waals surface area (Å²) in [5.41, 5.74) is -0.980. The lowest BCUT2D eigenvalue weighted by molar-refractivity contribution is -0.274. The molecule has 2 aromatic carbocycles. The van der Waals surface area contributed by atoms with Gasteiger partial charge in [-0.15, -0.1) is 0 Å². The van der Waals surface area contributed by atoms with Crippen molar-refractivity contribution in [1.82, 2.24) is 9.80 Å². The third-order valence-electron chi connectivity index (χ3n) is 5.65. The molecule has 0 aromatic heterocycles. The Bertz CT molecular complexity index is 1080. The predicted octanol–water partition coefficient (Wildman–Crippen LogP) is 4.43. The molecule has 36 heavy (non-hydrogen) atoms. The maximum Gasteiger partial charge on any atom is 0.397 e. The van der Waals surface area contributed by atoms with Crippen LogP contribution in [0.5, 0.6) is 5.75 Å². The molecule has 0 fully saturated rings. The van der Waals surface area contributed by atoms with E-state index in [1.165, 1.54) is 25.3 Å². The van der Waals surface area contributed by atoms with Crippen LogP contribution in [0, 0.1) is 0 Å². The Balaban J connectivity index is 2.67. The molecular formula is C24H24Cl2F3N2O5-. The highest BCUT2D eigenvalue weighted by Gasteiger charge is 2.42. The molecule has 2 amide bonds. The van der Waals surface area contributed by atoms with Gasteiger partial charge in [-0.25, -0.2) is 0 Å². The number of alkyl halides is 3. The van der Waals surface area contributed by atoms with E-state index in [4.69, 9.17) is 27.9 Å². The number of ether oxygens (including phenoxy) is 1. The molecule has 0 aliphatic rings. The topological polar surface area (TPSA) is 90.0 Å². The highest BCUT2D eigenvalue weighted by molar-refractivity contribution is 6.42. The number of aldehydes is 1. The van der Waals surface area contributed by atoms with Crippen LogP contribution in [0.4, 0.5) is 18.0 Å². The molecule has 12 heteroatoms. The molecule has 0 heterocycles. The fraction of sp³-hybridized carbons (Fsp3) is 0.375. The van der Waals surface area contributed by atoms with E-state index in [0.717, 1.165) is 16.8 Å². The van der Waals surface area contributed by atoms with Gasteiger partial charge in [-0.2, -0.15) is 13.2 Å².